The van der Waals surface area contributed by atoms with Crippen LogP contribution in [0, 0.1) is 0 Å². The van der Waals surface area contributed by atoms with E-state index >= 15 is 0 Å². The van der Waals surface area contributed by atoms with Gasteiger partial charge in [-0.2, -0.15) is 0 Å². The van der Waals surface area contributed by atoms with Crippen LogP contribution < -0.4 is 4.90 Å². The number of para-hydroxylation sites is 2. The lowest BCUT2D eigenvalue weighted by molar-refractivity contribution is 0.669. The van der Waals surface area contributed by atoms with Gasteiger partial charge in [0.2, 0.25) is 0 Å². The third kappa shape index (κ3) is 5.53. The zero-order valence-electron chi connectivity index (χ0n) is 27.4. The Bertz CT molecular complexity index is 2530. The molecule has 8 aromatic carbocycles. The van der Waals surface area contributed by atoms with Crippen molar-refractivity contribution in [1.29, 1.82) is 0 Å². The summed E-state index contributed by atoms with van der Waals surface area (Å²) in [4.78, 5) is 2.31. The SMILES string of the molecule is c1ccc(-c2ccc(N(c3ccccc3)c3ccc(-c4ccc(-c5ccc(-c6cccc7oc8ccccc8c67)cc5)cc4)cc3)cc2)cc1. The number of hydrogen-bond donors (Lipinski definition) is 0. The van der Waals surface area contributed by atoms with Crippen molar-refractivity contribution in [3.8, 4) is 44.5 Å². The van der Waals surface area contributed by atoms with Gasteiger partial charge in [0.1, 0.15) is 11.2 Å². The average Bonchev–Trinajstić information content (AvgIpc) is 3.59. The molecule has 236 valence electrons. The molecule has 50 heavy (non-hydrogen) atoms. The number of benzene rings is 8. The lowest BCUT2D eigenvalue weighted by Crippen LogP contribution is -2.09. The first-order valence-corrected chi connectivity index (χ1v) is 17.0. The van der Waals surface area contributed by atoms with Crippen LogP contribution >= 0.6 is 0 Å². The first-order chi connectivity index (χ1) is 24.8. The van der Waals surface area contributed by atoms with E-state index in [-0.39, 0.29) is 0 Å². The second-order valence-electron chi connectivity index (χ2n) is 12.6. The van der Waals surface area contributed by atoms with Crippen molar-refractivity contribution in [3.63, 3.8) is 0 Å². The monoisotopic (exact) mass is 639 g/mol. The minimum absolute atomic E-state index is 0.918. The highest BCUT2D eigenvalue weighted by molar-refractivity contribution is 6.12. The summed E-state index contributed by atoms with van der Waals surface area (Å²) in [6.45, 7) is 0. The standard InChI is InChI=1S/C48H33NO/c1-3-10-34(11-4-1)38-26-30-42(31-27-38)49(41-12-5-2-6-13-41)43-32-28-39(29-33-43)36-20-18-35(19-21-36)37-22-24-40(25-23-37)44-15-9-17-47-48(44)45-14-7-8-16-46(45)50-47/h1-33H. The summed E-state index contributed by atoms with van der Waals surface area (Å²) in [5, 5.41) is 2.31. The van der Waals surface area contributed by atoms with Gasteiger partial charge in [0.05, 0.1) is 0 Å². The summed E-state index contributed by atoms with van der Waals surface area (Å²) < 4.78 is 6.13. The lowest BCUT2D eigenvalue weighted by Gasteiger charge is -2.26. The minimum Gasteiger partial charge on any atom is -0.456 e. The molecule has 0 saturated carbocycles. The van der Waals surface area contributed by atoms with Crippen LogP contribution in [-0.2, 0) is 0 Å². The van der Waals surface area contributed by atoms with Gasteiger partial charge < -0.3 is 9.32 Å². The second-order valence-corrected chi connectivity index (χ2v) is 12.6. The fourth-order valence-electron chi connectivity index (χ4n) is 6.97. The smallest absolute Gasteiger partial charge is 0.136 e. The van der Waals surface area contributed by atoms with Gasteiger partial charge in [0, 0.05) is 27.8 Å². The molecule has 0 aliphatic carbocycles. The topological polar surface area (TPSA) is 16.4 Å². The van der Waals surface area contributed by atoms with Gasteiger partial charge in [0.15, 0.2) is 0 Å². The van der Waals surface area contributed by atoms with Crippen LogP contribution in [0.1, 0.15) is 0 Å². The van der Waals surface area contributed by atoms with E-state index in [1.54, 1.807) is 0 Å². The predicted molar refractivity (Wildman–Crippen MR) is 210 cm³/mol. The van der Waals surface area contributed by atoms with Crippen LogP contribution in [-0.4, -0.2) is 0 Å². The van der Waals surface area contributed by atoms with Gasteiger partial charge >= 0.3 is 0 Å². The molecule has 0 aliphatic heterocycles. The van der Waals surface area contributed by atoms with Crippen molar-refractivity contribution < 1.29 is 4.42 Å². The third-order valence-corrected chi connectivity index (χ3v) is 9.52. The maximum absolute atomic E-state index is 6.13. The Labute approximate surface area is 292 Å². The Balaban J connectivity index is 0.967. The van der Waals surface area contributed by atoms with E-state index in [1.165, 1.54) is 49.9 Å². The highest BCUT2D eigenvalue weighted by Gasteiger charge is 2.14. The first-order valence-electron chi connectivity index (χ1n) is 17.0. The molecule has 1 heterocycles. The van der Waals surface area contributed by atoms with Gasteiger partial charge in [-0.1, -0.05) is 152 Å². The van der Waals surface area contributed by atoms with Gasteiger partial charge in [-0.05, 0) is 93.0 Å². The summed E-state index contributed by atoms with van der Waals surface area (Å²) in [7, 11) is 0. The molecule has 0 radical (unpaired) electrons. The van der Waals surface area contributed by atoms with Crippen LogP contribution in [0.15, 0.2) is 205 Å². The fraction of sp³-hybridized carbons (Fsp3) is 0. The molecule has 0 spiro atoms. The number of fused-ring (bicyclic) bond motifs is 3. The van der Waals surface area contributed by atoms with Gasteiger partial charge in [-0.15, -0.1) is 0 Å². The first kappa shape index (κ1) is 29.5. The number of hydrogen-bond acceptors (Lipinski definition) is 2. The maximum Gasteiger partial charge on any atom is 0.136 e. The largest absolute Gasteiger partial charge is 0.456 e. The van der Waals surface area contributed by atoms with Crippen molar-refractivity contribution in [2.24, 2.45) is 0 Å². The average molecular weight is 640 g/mol. The van der Waals surface area contributed by atoms with Crippen LogP contribution in [0.3, 0.4) is 0 Å². The van der Waals surface area contributed by atoms with Gasteiger partial charge in [-0.25, -0.2) is 0 Å². The van der Waals surface area contributed by atoms with E-state index in [0.29, 0.717) is 0 Å². The molecule has 2 nitrogen and oxygen atoms in total. The summed E-state index contributed by atoms with van der Waals surface area (Å²) in [6.07, 6.45) is 0. The van der Waals surface area contributed by atoms with Crippen molar-refractivity contribution >= 4 is 39.0 Å². The number of furan rings is 1. The summed E-state index contributed by atoms with van der Waals surface area (Å²) in [6, 6.07) is 71.0. The molecule has 1 aromatic heterocycles. The quantitative estimate of drug-likeness (QED) is 0.173. The Morgan fingerprint density at radius 2 is 0.680 bits per heavy atom. The van der Waals surface area contributed by atoms with Crippen molar-refractivity contribution in [2.45, 2.75) is 0 Å². The Kier molecular flexibility index (Phi) is 7.53. The Hall–Kier alpha value is -6.64. The normalized spacial score (nSPS) is 11.2. The molecule has 9 aromatic rings. The van der Waals surface area contributed by atoms with Crippen molar-refractivity contribution in [1.82, 2.24) is 0 Å². The number of nitrogens with zero attached hydrogens (tertiary/aromatic N) is 1. The predicted octanol–water partition coefficient (Wildman–Crippen LogP) is 13.7. The molecule has 0 bridgehead atoms. The van der Waals surface area contributed by atoms with E-state index in [0.717, 1.165) is 33.6 Å². The molecule has 0 atom stereocenters. The van der Waals surface area contributed by atoms with Crippen molar-refractivity contribution in [3.05, 3.63) is 200 Å². The molecule has 0 aliphatic rings. The highest BCUT2D eigenvalue weighted by Crippen LogP contribution is 2.39. The maximum atomic E-state index is 6.13. The molecule has 0 saturated heterocycles. The van der Waals surface area contributed by atoms with Gasteiger partial charge in [0.25, 0.3) is 0 Å². The summed E-state index contributed by atoms with van der Waals surface area (Å²) >= 11 is 0. The molecule has 0 unspecified atom stereocenters. The Morgan fingerprint density at radius 1 is 0.280 bits per heavy atom. The second kappa shape index (κ2) is 12.8. The van der Waals surface area contributed by atoms with E-state index in [4.69, 9.17) is 4.42 Å². The zero-order valence-corrected chi connectivity index (χ0v) is 27.4. The molecule has 0 amide bonds. The molecular weight excluding hydrogens is 607 g/mol. The van der Waals surface area contributed by atoms with Crippen LogP contribution in [0.25, 0.3) is 66.4 Å². The van der Waals surface area contributed by atoms with Crippen molar-refractivity contribution in [2.75, 3.05) is 4.90 Å². The van der Waals surface area contributed by atoms with Gasteiger partial charge in [-0.3, -0.25) is 0 Å². The number of rotatable bonds is 7. The van der Waals surface area contributed by atoms with E-state index in [1.807, 2.05) is 18.2 Å². The van der Waals surface area contributed by atoms with Crippen LogP contribution in [0.5, 0.6) is 0 Å². The summed E-state index contributed by atoms with van der Waals surface area (Å²) in [5.41, 5.74) is 14.7. The third-order valence-electron chi connectivity index (χ3n) is 9.52. The lowest BCUT2D eigenvalue weighted by atomic mass is 9.96. The minimum atomic E-state index is 0.918. The molecular formula is C48H33NO. The number of anilines is 3. The molecule has 9 rings (SSSR count). The van der Waals surface area contributed by atoms with E-state index in [2.05, 4.69) is 187 Å². The molecule has 0 fully saturated rings. The fourth-order valence-corrected chi connectivity index (χ4v) is 6.97. The van der Waals surface area contributed by atoms with Crippen LogP contribution in [0.2, 0.25) is 0 Å². The highest BCUT2D eigenvalue weighted by atomic mass is 16.3. The molecule has 2 heteroatoms. The molecule has 0 N–H and O–H groups in total. The van der Waals surface area contributed by atoms with E-state index < -0.39 is 0 Å². The summed E-state index contributed by atoms with van der Waals surface area (Å²) in [5.74, 6) is 0. The Morgan fingerprint density at radius 3 is 1.24 bits per heavy atom. The van der Waals surface area contributed by atoms with E-state index in [9.17, 15) is 0 Å². The zero-order chi connectivity index (χ0) is 33.3. The van der Waals surface area contributed by atoms with Crippen LogP contribution in [0.4, 0.5) is 17.1 Å².